The molecule has 1 atom stereocenters. The minimum atomic E-state index is -0.596. The molecule has 0 aliphatic carbocycles. The number of rotatable bonds is 4. The van der Waals surface area contributed by atoms with Crippen molar-refractivity contribution in [2.24, 2.45) is 7.05 Å². The third-order valence-corrected chi connectivity index (χ3v) is 5.28. The van der Waals surface area contributed by atoms with Gasteiger partial charge in [-0.1, -0.05) is 24.3 Å². The second-order valence-electron chi connectivity index (χ2n) is 8.94. The molecule has 32 heavy (non-hydrogen) atoms. The molecule has 1 saturated heterocycles. The van der Waals surface area contributed by atoms with Gasteiger partial charge >= 0.3 is 11.8 Å². The molecule has 2 aromatic rings. The quantitative estimate of drug-likeness (QED) is 0.740. The fourth-order valence-corrected chi connectivity index (χ4v) is 3.77. The third kappa shape index (κ3) is 5.38. The number of ether oxygens (including phenoxy) is 1. The Hall–Kier alpha value is -3.54. The average molecular weight is 440 g/mol. The van der Waals surface area contributed by atoms with E-state index in [1.54, 1.807) is 39.0 Å². The summed E-state index contributed by atoms with van der Waals surface area (Å²) in [5.74, 6) is 0.480. The summed E-state index contributed by atoms with van der Waals surface area (Å²) in [6, 6.07) is 8.37. The molecule has 2 heterocycles. The molecule has 1 aromatic carbocycles. The highest BCUT2D eigenvalue weighted by Gasteiger charge is 2.26. The molecule has 9 heteroatoms. The van der Waals surface area contributed by atoms with Crippen molar-refractivity contribution >= 4 is 17.6 Å². The molecule has 0 bridgehead atoms. The maximum absolute atomic E-state index is 13.0. The number of nitrogens with zero attached hydrogens (tertiary/aromatic N) is 4. The maximum Gasteiger partial charge on any atom is 0.407 e. The van der Waals surface area contributed by atoms with E-state index in [-0.39, 0.29) is 12.6 Å². The van der Waals surface area contributed by atoms with Crippen molar-refractivity contribution < 1.29 is 9.53 Å². The average Bonchev–Trinajstić information content (AvgIpc) is 2.73. The lowest BCUT2D eigenvalue weighted by Crippen LogP contribution is -2.51. The standard InChI is InChI=1S/C23H29N5O4/c1-23(2,3)32-21(30)25-17-10-8-12-27(15-17)19-13-20(29)26(5)22(31)28(19)14-16-9-6-7-11-18(16)24-4/h6-7,9,11,13,17H,8,10,12,14-15H2,1-3,5H3,(H,25,30)/t17-/m1/s1. The van der Waals surface area contributed by atoms with Crippen LogP contribution in [0.5, 0.6) is 0 Å². The van der Waals surface area contributed by atoms with Gasteiger partial charge in [0.05, 0.1) is 6.57 Å². The van der Waals surface area contributed by atoms with Crippen LogP contribution in [-0.2, 0) is 18.3 Å². The van der Waals surface area contributed by atoms with Crippen molar-refractivity contribution in [3.8, 4) is 0 Å². The van der Waals surface area contributed by atoms with E-state index in [4.69, 9.17) is 11.3 Å². The number of piperidine rings is 1. The summed E-state index contributed by atoms with van der Waals surface area (Å²) in [7, 11) is 1.44. The number of alkyl carbamates (subject to hydrolysis) is 1. The van der Waals surface area contributed by atoms with Gasteiger partial charge in [-0.15, -0.1) is 0 Å². The summed E-state index contributed by atoms with van der Waals surface area (Å²) in [6.07, 6.45) is 1.06. The van der Waals surface area contributed by atoms with Gasteiger partial charge in [0.2, 0.25) is 0 Å². The van der Waals surface area contributed by atoms with Crippen molar-refractivity contribution in [3.05, 3.63) is 68.2 Å². The highest BCUT2D eigenvalue weighted by Crippen LogP contribution is 2.23. The van der Waals surface area contributed by atoms with Gasteiger partial charge in [0, 0.05) is 38.8 Å². The van der Waals surface area contributed by atoms with Gasteiger partial charge in [0.15, 0.2) is 5.69 Å². The molecule has 9 nitrogen and oxygen atoms in total. The number of para-hydroxylation sites is 1. The number of nitrogens with one attached hydrogen (secondary N) is 1. The van der Waals surface area contributed by atoms with Crippen LogP contribution in [0.25, 0.3) is 4.85 Å². The van der Waals surface area contributed by atoms with Gasteiger partial charge in [-0.3, -0.25) is 13.9 Å². The Bertz CT molecular complexity index is 1150. The van der Waals surface area contributed by atoms with E-state index in [0.717, 1.165) is 17.4 Å². The van der Waals surface area contributed by atoms with E-state index in [0.29, 0.717) is 30.2 Å². The highest BCUT2D eigenvalue weighted by atomic mass is 16.6. The molecule has 1 fully saturated rings. The zero-order valence-corrected chi connectivity index (χ0v) is 18.9. The first-order valence-corrected chi connectivity index (χ1v) is 10.6. The molecule has 1 aromatic heterocycles. The Morgan fingerprint density at radius 1 is 1.28 bits per heavy atom. The number of benzene rings is 1. The van der Waals surface area contributed by atoms with E-state index in [1.807, 2.05) is 11.0 Å². The molecule has 1 aliphatic rings. The molecule has 170 valence electrons. The lowest BCUT2D eigenvalue weighted by molar-refractivity contribution is 0.0500. The predicted octanol–water partition coefficient (Wildman–Crippen LogP) is 2.64. The van der Waals surface area contributed by atoms with Gasteiger partial charge in [-0.25, -0.2) is 14.4 Å². The number of carbonyl (C=O) groups excluding carboxylic acids is 1. The summed E-state index contributed by atoms with van der Waals surface area (Å²) in [5, 5.41) is 2.89. The first-order valence-electron chi connectivity index (χ1n) is 10.6. The van der Waals surface area contributed by atoms with Crippen molar-refractivity contribution in [3.63, 3.8) is 0 Å². The van der Waals surface area contributed by atoms with E-state index in [9.17, 15) is 14.4 Å². The summed E-state index contributed by atoms with van der Waals surface area (Å²) in [5.41, 5.74) is -0.287. The Labute approximate surface area is 187 Å². The molecule has 1 N–H and O–H groups in total. The van der Waals surface area contributed by atoms with Gasteiger partial charge in [0.25, 0.3) is 5.56 Å². The summed E-state index contributed by atoms with van der Waals surface area (Å²) in [6.45, 7) is 14.1. The number of amides is 1. The molecule has 0 saturated carbocycles. The second kappa shape index (κ2) is 9.30. The first kappa shape index (κ1) is 23.1. The minimum absolute atomic E-state index is 0.168. The SMILES string of the molecule is [C-]#[N+]c1ccccc1Cn1c(N2CCC[C@@H](NC(=O)OC(C)(C)C)C2)cc(=O)n(C)c1=O. The Morgan fingerprint density at radius 3 is 2.69 bits per heavy atom. The van der Waals surface area contributed by atoms with E-state index < -0.39 is 22.9 Å². The normalized spacial score (nSPS) is 16.3. The van der Waals surface area contributed by atoms with Crippen molar-refractivity contribution in [1.29, 1.82) is 0 Å². The van der Waals surface area contributed by atoms with Crippen LogP contribution in [0.1, 0.15) is 39.2 Å². The zero-order chi connectivity index (χ0) is 23.5. The highest BCUT2D eigenvalue weighted by molar-refractivity contribution is 5.68. The lowest BCUT2D eigenvalue weighted by Gasteiger charge is -2.36. The van der Waals surface area contributed by atoms with Gasteiger partial charge in [-0.2, -0.15) is 0 Å². The van der Waals surface area contributed by atoms with Gasteiger partial charge < -0.3 is 15.0 Å². The Kier molecular flexibility index (Phi) is 6.72. The van der Waals surface area contributed by atoms with E-state index in [1.165, 1.54) is 17.7 Å². The molecule has 0 spiro atoms. The minimum Gasteiger partial charge on any atom is -0.444 e. The molecule has 0 unspecified atom stereocenters. The molecular weight excluding hydrogens is 410 g/mol. The van der Waals surface area contributed by atoms with E-state index >= 15 is 0 Å². The summed E-state index contributed by atoms with van der Waals surface area (Å²) < 4.78 is 7.93. The Balaban J connectivity index is 1.91. The summed E-state index contributed by atoms with van der Waals surface area (Å²) in [4.78, 5) is 43.1. The van der Waals surface area contributed by atoms with Crippen LogP contribution in [0.2, 0.25) is 0 Å². The van der Waals surface area contributed by atoms with Gasteiger partial charge in [0.1, 0.15) is 11.4 Å². The van der Waals surface area contributed by atoms with Crippen LogP contribution in [0.15, 0.2) is 39.9 Å². The van der Waals surface area contributed by atoms with Crippen molar-refractivity contribution in [2.45, 2.75) is 51.8 Å². The molecule has 0 radical (unpaired) electrons. The van der Waals surface area contributed by atoms with Gasteiger partial charge in [-0.05, 0) is 39.2 Å². The van der Waals surface area contributed by atoms with Crippen molar-refractivity contribution in [2.75, 3.05) is 18.0 Å². The molecule has 1 aliphatic heterocycles. The number of hydrogen-bond donors (Lipinski definition) is 1. The first-order chi connectivity index (χ1) is 15.1. The fraction of sp³-hybridized carbons (Fsp3) is 0.478. The number of carbonyl (C=O) groups is 1. The number of aromatic nitrogens is 2. The smallest absolute Gasteiger partial charge is 0.407 e. The van der Waals surface area contributed by atoms with E-state index in [2.05, 4.69) is 10.2 Å². The number of anilines is 1. The monoisotopic (exact) mass is 439 g/mol. The zero-order valence-electron chi connectivity index (χ0n) is 18.9. The molecule has 1 amide bonds. The van der Waals surface area contributed by atoms with Crippen LogP contribution in [-0.4, -0.2) is 40.0 Å². The van der Waals surface area contributed by atoms with Crippen LogP contribution in [0.4, 0.5) is 16.3 Å². The number of hydrogen-bond acceptors (Lipinski definition) is 5. The Morgan fingerprint density at radius 2 is 2.00 bits per heavy atom. The maximum atomic E-state index is 13.0. The lowest BCUT2D eigenvalue weighted by atomic mass is 10.1. The van der Waals surface area contributed by atoms with Crippen LogP contribution >= 0.6 is 0 Å². The van der Waals surface area contributed by atoms with Crippen molar-refractivity contribution in [1.82, 2.24) is 14.5 Å². The second-order valence-corrected chi connectivity index (χ2v) is 8.94. The summed E-state index contributed by atoms with van der Waals surface area (Å²) >= 11 is 0. The molecular formula is C23H29N5O4. The van der Waals surface area contributed by atoms with Crippen LogP contribution < -0.4 is 21.5 Å². The topological polar surface area (TPSA) is 89.9 Å². The molecule has 3 rings (SSSR count). The third-order valence-electron chi connectivity index (χ3n) is 5.28. The van der Waals surface area contributed by atoms with Crippen LogP contribution in [0.3, 0.4) is 0 Å². The largest absolute Gasteiger partial charge is 0.444 e. The fourth-order valence-electron chi connectivity index (χ4n) is 3.77. The van der Waals surface area contributed by atoms with Crippen LogP contribution in [0, 0.1) is 6.57 Å². The predicted molar refractivity (Wildman–Crippen MR) is 122 cm³/mol.